The van der Waals surface area contributed by atoms with Crippen LogP contribution in [0.25, 0.3) is 0 Å². The maximum absolute atomic E-state index is 12.1. The number of aromatic amines is 1. The largest absolute Gasteiger partial charge is 0.372 e. The Labute approximate surface area is 157 Å². The lowest BCUT2D eigenvalue weighted by Crippen LogP contribution is -2.45. The number of ether oxygens (including phenoxy) is 1. The highest BCUT2D eigenvalue weighted by atomic mass is 32.2. The zero-order valence-corrected chi connectivity index (χ0v) is 16.2. The first-order chi connectivity index (χ1) is 12.5. The van der Waals surface area contributed by atoms with Crippen molar-refractivity contribution in [2.75, 3.05) is 29.1 Å². The quantitative estimate of drug-likeness (QED) is 0.756. The molecule has 26 heavy (non-hydrogen) atoms. The van der Waals surface area contributed by atoms with Crippen LogP contribution in [-0.4, -0.2) is 52.1 Å². The van der Waals surface area contributed by atoms with Gasteiger partial charge in [-0.3, -0.25) is 9.89 Å². The molecule has 3 rings (SSSR count). The topological polar surface area (TPSA) is 83.1 Å². The highest BCUT2D eigenvalue weighted by Gasteiger charge is 2.22. The maximum Gasteiger partial charge on any atom is 0.234 e. The molecule has 8 heteroatoms. The van der Waals surface area contributed by atoms with Gasteiger partial charge in [-0.05, 0) is 38.1 Å². The van der Waals surface area contributed by atoms with E-state index in [1.165, 1.54) is 11.8 Å². The molecule has 1 aromatic carbocycles. The molecule has 0 spiro atoms. The number of benzene rings is 1. The van der Waals surface area contributed by atoms with Crippen molar-refractivity contribution in [3.63, 3.8) is 0 Å². The summed E-state index contributed by atoms with van der Waals surface area (Å²) in [5.74, 6) is 1.04. The van der Waals surface area contributed by atoms with Gasteiger partial charge < -0.3 is 15.0 Å². The Morgan fingerprint density at radius 3 is 2.62 bits per heavy atom. The van der Waals surface area contributed by atoms with Gasteiger partial charge in [0.1, 0.15) is 5.82 Å². The van der Waals surface area contributed by atoms with E-state index in [0.717, 1.165) is 36.7 Å². The van der Waals surface area contributed by atoms with Gasteiger partial charge in [0.05, 0.1) is 18.0 Å². The van der Waals surface area contributed by atoms with E-state index in [2.05, 4.69) is 39.2 Å². The number of hydrogen-bond acceptors (Lipinski definition) is 6. The Morgan fingerprint density at radius 1 is 1.31 bits per heavy atom. The minimum Gasteiger partial charge on any atom is -0.372 e. The van der Waals surface area contributed by atoms with Gasteiger partial charge in [0.15, 0.2) is 0 Å². The average molecular weight is 375 g/mol. The van der Waals surface area contributed by atoms with Crippen LogP contribution < -0.4 is 10.2 Å². The van der Waals surface area contributed by atoms with Crippen molar-refractivity contribution in [3.05, 3.63) is 30.1 Å². The monoisotopic (exact) mass is 375 g/mol. The number of aryl methyl sites for hydroxylation is 1. The molecule has 1 aliphatic heterocycles. The van der Waals surface area contributed by atoms with Crippen molar-refractivity contribution in [2.24, 2.45) is 0 Å². The van der Waals surface area contributed by atoms with Gasteiger partial charge in [0.2, 0.25) is 11.1 Å². The van der Waals surface area contributed by atoms with E-state index in [0.29, 0.717) is 5.16 Å². The molecule has 0 radical (unpaired) electrons. The van der Waals surface area contributed by atoms with Crippen LogP contribution in [0.2, 0.25) is 0 Å². The van der Waals surface area contributed by atoms with Gasteiger partial charge in [-0.25, -0.2) is 4.98 Å². The van der Waals surface area contributed by atoms with Crippen LogP contribution in [0, 0.1) is 0 Å². The van der Waals surface area contributed by atoms with Crippen molar-refractivity contribution in [1.29, 1.82) is 0 Å². The number of hydrogen-bond donors (Lipinski definition) is 2. The smallest absolute Gasteiger partial charge is 0.234 e. The number of amides is 1. The fraction of sp³-hybridized carbons (Fsp3) is 0.500. The van der Waals surface area contributed by atoms with Crippen molar-refractivity contribution in [2.45, 2.75) is 44.6 Å². The van der Waals surface area contributed by atoms with Crippen LogP contribution in [0.5, 0.6) is 0 Å². The molecule has 1 aromatic heterocycles. The molecule has 2 N–H and O–H groups in total. The second-order valence-corrected chi connectivity index (χ2v) is 7.41. The number of H-pyrrole nitrogens is 1. The molecule has 7 nitrogen and oxygen atoms in total. The first kappa shape index (κ1) is 18.7. The number of thioether (sulfide) groups is 1. The van der Waals surface area contributed by atoms with Crippen molar-refractivity contribution in [1.82, 2.24) is 15.2 Å². The summed E-state index contributed by atoms with van der Waals surface area (Å²) in [6, 6.07) is 7.95. The summed E-state index contributed by atoms with van der Waals surface area (Å²) in [6.45, 7) is 7.94. The summed E-state index contributed by atoms with van der Waals surface area (Å²) < 4.78 is 5.77. The molecular weight excluding hydrogens is 350 g/mol. The van der Waals surface area contributed by atoms with Gasteiger partial charge >= 0.3 is 0 Å². The summed E-state index contributed by atoms with van der Waals surface area (Å²) in [4.78, 5) is 18.7. The lowest BCUT2D eigenvalue weighted by molar-refractivity contribution is -0.113. The standard InChI is InChI=1S/C18H25N5O2S/c1-4-16-20-18(22-21-16)26-11-17(24)19-14-5-7-15(8-6-14)23-9-12(2)25-13(3)10-23/h5-8,12-13H,4,9-11H2,1-3H3,(H,19,24)(H,20,21,22)/t12-,13-/m1/s1. The fourth-order valence-electron chi connectivity index (χ4n) is 2.97. The average Bonchev–Trinajstić information content (AvgIpc) is 3.08. The molecule has 2 atom stereocenters. The zero-order valence-electron chi connectivity index (χ0n) is 15.4. The highest BCUT2D eigenvalue weighted by Crippen LogP contribution is 2.22. The molecule has 1 saturated heterocycles. The minimum atomic E-state index is -0.0702. The van der Waals surface area contributed by atoms with Gasteiger partial charge in [-0.2, -0.15) is 0 Å². The first-order valence-electron chi connectivity index (χ1n) is 8.88. The van der Waals surface area contributed by atoms with Crippen molar-refractivity contribution >= 4 is 29.0 Å². The number of aromatic nitrogens is 3. The van der Waals surface area contributed by atoms with E-state index >= 15 is 0 Å². The molecule has 1 aliphatic rings. The summed E-state index contributed by atoms with van der Waals surface area (Å²) in [5, 5.41) is 10.4. The molecule has 0 unspecified atom stereocenters. The predicted octanol–water partition coefficient (Wildman–Crippen LogP) is 2.71. The molecule has 1 amide bonds. The molecule has 0 bridgehead atoms. The zero-order chi connectivity index (χ0) is 18.5. The lowest BCUT2D eigenvalue weighted by Gasteiger charge is -2.36. The molecule has 0 aliphatic carbocycles. The summed E-state index contributed by atoms with van der Waals surface area (Å²) in [6.07, 6.45) is 1.24. The van der Waals surface area contributed by atoms with E-state index in [-0.39, 0.29) is 23.9 Å². The summed E-state index contributed by atoms with van der Waals surface area (Å²) >= 11 is 1.32. The third-order valence-electron chi connectivity index (χ3n) is 4.11. The highest BCUT2D eigenvalue weighted by molar-refractivity contribution is 7.99. The number of carbonyl (C=O) groups is 1. The first-order valence-corrected chi connectivity index (χ1v) is 9.86. The molecule has 2 aromatic rings. The van der Waals surface area contributed by atoms with Crippen LogP contribution in [0.4, 0.5) is 11.4 Å². The SMILES string of the molecule is CCc1nc(SCC(=O)Nc2ccc(N3C[C@@H](C)O[C@H](C)C3)cc2)n[nH]1. The van der Waals surface area contributed by atoms with Crippen LogP contribution in [-0.2, 0) is 16.0 Å². The Kier molecular flexibility index (Phi) is 6.16. The number of rotatable bonds is 6. The van der Waals surface area contributed by atoms with Crippen molar-refractivity contribution in [3.8, 4) is 0 Å². The summed E-state index contributed by atoms with van der Waals surface area (Å²) in [5.41, 5.74) is 1.94. The van der Waals surface area contributed by atoms with E-state index in [9.17, 15) is 4.79 Å². The van der Waals surface area contributed by atoms with Gasteiger partial charge in [-0.15, -0.1) is 5.10 Å². The second-order valence-electron chi connectivity index (χ2n) is 6.46. The maximum atomic E-state index is 12.1. The second kappa shape index (κ2) is 8.55. The van der Waals surface area contributed by atoms with E-state index < -0.39 is 0 Å². The third-order valence-corrected chi connectivity index (χ3v) is 4.96. The van der Waals surface area contributed by atoms with Gasteiger partial charge in [0.25, 0.3) is 0 Å². The normalized spacial score (nSPS) is 20.2. The third kappa shape index (κ3) is 4.98. The lowest BCUT2D eigenvalue weighted by atomic mass is 10.2. The Morgan fingerprint density at radius 2 is 2.00 bits per heavy atom. The van der Waals surface area contributed by atoms with Crippen LogP contribution in [0.15, 0.2) is 29.4 Å². The Hall–Kier alpha value is -2.06. The van der Waals surface area contributed by atoms with Crippen LogP contribution >= 0.6 is 11.8 Å². The molecule has 2 heterocycles. The number of nitrogens with one attached hydrogen (secondary N) is 2. The predicted molar refractivity (Wildman–Crippen MR) is 104 cm³/mol. The number of morpholine rings is 1. The number of anilines is 2. The van der Waals surface area contributed by atoms with E-state index in [4.69, 9.17) is 4.74 Å². The Bertz CT molecular complexity index is 723. The molecule has 0 saturated carbocycles. The summed E-state index contributed by atoms with van der Waals surface area (Å²) in [7, 11) is 0. The molecular formula is C18H25N5O2S. The van der Waals surface area contributed by atoms with Crippen molar-refractivity contribution < 1.29 is 9.53 Å². The van der Waals surface area contributed by atoms with E-state index in [1.807, 2.05) is 31.2 Å². The molecule has 1 fully saturated rings. The number of carbonyl (C=O) groups excluding carboxylic acids is 1. The van der Waals surface area contributed by atoms with E-state index in [1.54, 1.807) is 0 Å². The van der Waals surface area contributed by atoms with Gasteiger partial charge in [-0.1, -0.05) is 18.7 Å². The van der Waals surface area contributed by atoms with Crippen LogP contribution in [0.1, 0.15) is 26.6 Å². The Balaban J connectivity index is 1.51. The van der Waals surface area contributed by atoms with Gasteiger partial charge in [0, 0.05) is 30.9 Å². The minimum absolute atomic E-state index is 0.0702. The van der Waals surface area contributed by atoms with Crippen LogP contribution in [0.3, 0.4) is 0 Å². The number of nitrogens with zero attached hydrogens (tertiary/aromatic N) is 3. The fourth-order valence-corrected chi connectivity index (χ4v) is 3.59. The molecule has 140 valence electrons.